The van der Waals surface area contributed by atoms with Crippen LogP contribution >= 0.6 is 0 Å². The van der Waals surface area contributed by atoms with Gasteiger partial charge in [-0.25, -0.2) is 0 Å². The lowest BCUT2D eigenvalue weighted by molar-refractivity contribution is -0.141. The number of aryl methyl sites for hydroxylation is 2. The molecule has 1 aliphatic carbocycles. The summed E-state index contributed by atoms with van der Waals surface area (Å²) in [5.74, 6) is 0.440. The Morgan fingerprint density at radius 2 is 1.81 bits per heavy atom. The van der Waals surface area contributed by atoms with Crippen molar-refractivity contribution < 1.29 is 14.3 Å². The second-order valence-corrected chi connectivity index (χ2v) is 8.55. The summed E-state index contributed by atoms with van der Waals surface area (Å²) in [5, 5.41) is 3.13. The van der Waals surface area contributed by atoms with Crippen LogP contribution in [0.25, 0.3) is 0 Å². The Hall–Kier alpha value is -2.82. The third-order valence-corrected chi connectivity index (χ3v) is 6.03. The maximum Gasteiger partial charge on any atom is 0.261 e. The monoisotopic (exact) mass is 422 g/mol. The van der Waals surface area contributed by atoms with Crippen molar-refractivity contribution in [3.05, 3.63) is 65.2 Å². The second-order valence-electron chi connectivity index (χ2n) is 8.55. The maximum atomic E-state index is 13.1. The van der Waals surface area contributed by atoms with Crippen LogP contribution in [0.1, 0.15) is 49.3 Å². The lowest BCUT2D eigenvalue weighted by Gasteiger charge is -2.29. The van der Waals surface area contributed by atoms with Gasteiger partial charge in [0.15, 0.2) is 6.61 Å². The van der Waals surface area contributed by atoms with Gasteiger partial charge in [-0.2, -0.15) is 0 Å². The molecular weight excluding hydrogens is 388 g/mol. The van der Waals surface area contributed by atoms with Crippen LogP contribution in [0.5, 0.6) is 5.75 Å². The molecule has 5 nitrogen and oxygen atoms in total. The van der Waals surface area contributed by atoms with Gasteiger partial charge in [-0.05, 0) is 57.2 Å². The van der Waals surface area contributed by atoms with Gasteiger partial charge < -0.3 is 15.0 Å². The molecule has 0 spiro atoms. The molecule has 0 radical (unpaired) electrons. The van der Waals surface area contributed by atoms with E-state index in [1.165, 1.54) is 0 Å². The van der Waals surface area contributed by atoms with Gasteiger partial charge in [-0.1, -0.05) is 60.9 Å². The van der Waals surface area contributed by atoms with E-state index in [1.54, 1.807) is 4.90 Å². The molecule has 1 atom stereocenters. The van der Waals surface area contributed by atoms with E-state index in [-0.39, 0.29) is 24.5 Å². The van der Waals surface area contributed by atoms with Gasteiger partial charge in [0.25, 0.3) is 5.91 Å². The molecule has 0 heterocycles. The predicted octanol–water partition coefficient (Wildman–Crippen LogP) is 4.20. The molecule has 0 aromatic heterocycles. The van der Waals surface area contributed by atoms with Crippen molar-refractivity contribution in [2.45, 2.75) is 65.0 Å². The molecule has 1 fully saturated rings. The second kappa shape index (κ2) is 11.0. The summed E-state index contributed by atoms with van der Waals surface area (Å²) in [6, 6.07) is 15.6. The minimum atomic E-state index is -0.542. The van der Waals surface area contributed by atoms with Crippen LogP contribution < -0.4 is 10.1 Å². The molecule has 1 aliphatic rings. The fourth-order valence-corrected chi connectivity index (χ4v) is 4.15. The van der Waals surface area contributed by atoms with Gasteiger partial charge >= 0.3 is 0 Å². The van der Waals surface area contributed by atoms with Crippen LogP contribution in [0.4, 0.5) is 0 Å². The molecule has 2 aromatic carbocycles. The molecule has 0 saturated heterocycles. The Balaban J connectivity index is 1.66. The molecule has 31 heavy (non-hydrogen) atoms. The highest BCUT2D eigenvalue weighted by atomic mass is 16.5. The molecule has 3 rings (SSSR count). The smallest absolute Gasteiger partial charge is 0.261 e. The van der Waals surface area contributed by atoms with Crippen molar-refractivity contribution in [1.29, 1.82) is 0 Å². The maximum absolute atomic E-state index is 13.1. The zero-order valence-electron chi connectivity index (χ0n) is 18.9. The van der Waals surface area contributed by atoms with Crippen LogP contribution in [-0.4, -0.2) is 41.9 Å². The summed E-state index contributed by atoms with van der Waals surface area (Å²) in [6.45, 7) is 6.19. The number of nitrogens with zero attached hydrogens (tertiary/aromatic N) is 1. The number of hydrogen-bond donors (Lipinski definition) is 1. The first kappa shape index (κ1) is 22.9. The summed E-state index contributed by atoms with van der Waals surface area (Å²) in [6.07, 6.45) is 5.04. The van der Waals surface area contributed by atoms with E-state index < -0.39 is 6.04 Å². The van der Waals surface area contributed by atoms with Gasteiger partial charge in [0.2, 0.25) is 5.91 Å². The lowest BCUT2D eigenvalue weighted by atomic mass is 10.1. The number of rotatable bonds is 9. The van der Waals surface area contributed by atoms with E-state index >= 15 is 0 Å². The molecule has 0 unspecified atom stereocenters. The van der Waals surface area contributed by atoms with Crippen LogP contribution in [0, 0.1) is 13.8 Å². The number of nitrogens with one attached hydrogen (secondary N) is 1. The first-order valence-corrected chi connectivity index (χ1v) is 11.3. The van der Waals surface area contributed by atoms with Crippen LogP contribution in [0.3, 0.4) is 0 Å². The summed E-state index contributed by atoms with van der Waals surface area (Å²) in [5.41, 5.74) is 3.28. The summed E-state index contributed by atoms with van der Waals surface area (Å²) in [7, 11) is 0. The Morgan fingerprint density at radius 3 is 2.48 bits per heavy atom. The summed E-state index contributed by atoms with van der Waals surface area (Å²) >= 11 is 0. The Bertz CT molecular complexity index is 875. The molecule has 5 heteroatoms. The number of carbonyl (C=O) groups excluding carboxylic acids is 2. The van der Waals surface area contributed by atoms with Crippen molar-refractivity contribution in [3.63, 3.8) is 0 Å². The zero-order chi connectivity index (χ0) is 22.2. The van der Waals surface area contributed by atoms with E-state index in [2.05, 4.69) is 5.32 Å². The number of hydrogen-bond acceptors (Lipinski definition) is 3. The highest BCUT2D eigenvalue weighted by Crippen LogP contribution is 2.20. The molecule has 1 N–H and O–H groups in total. The third-order valence-electron chi connectivity index (χ3n) is 6.03. The van der Waals surface area contributed by atoms with Crippen LogP contribution in [-0.2, 0) is 16.0 Å². The predicted molar refractivity (Wildman–Crippen MR) is 123 cm³/mol. The largest absolute Gasteiger partial charge is 0.483 e. The fraction of sp³-hybridized carbons (Fsp3) is 0.462. The fourth-order valence-electron chi connectivity index (χ4n) is 4.15. The summed E-state index contributed by atoms with van der Waals surface area (Å²) in [4.78, 5) is 27.6. The van der Waals surface area contributed by atoms with Crippen molar-refractivity contribution >= 4 is 11.8 Å². The van der Waals surface area contributed by atoms with E-state index in [4.69, 9.17) is 4.74 Å². The lowest BCUT2D eigenvalue weighted by Crippen LogP contribution is -2.51. The first-order chi connectivity index (χ1) is 14.9. The van der Waals surface area contributed by atoms with Gasteiger partial charge in [0.05, 0.1) is 0 Å². The van der Waals surface area contributed by atoms with Gasteiger partial charge in [-0.15, -0.1) is 0 Å². The molecule has 166 valence electrons. The van der Waals surface area contributed by atoms with Crippen LogP contribution in [0.2, 0.25) is 0 Å². The zero-order valence-corrected chi connectivity index (χ0v) is 18.9. The van der Waals surface area contributed by atoms with Crippen molar-refractivity contribution in [3.8, 4) is 5.75 Å². The SMILES string of the molecule is Cc1ccc(OCC(=O)N(CCc2ccccc2)[C@H](C)C(=O)NC2CCCC2)c(C)c1. The first-order valence-electron chi connectivity index (χ1n) is 11.3. The van der Waals surface area contributed by atoms with Gasteiger partial charge in [0.1, 0.15) is 11.8 Å². The number of amides is 2. The van der Waals surface area contributed by atoms with Gasteiger partial charge in [0, 0.05) is 12.6 Å². The normalized spacial score (nSPS) is 14.8. The Kier molecular flexibility index (Phi) is 8.10. The molecule has 2 aromatic rings. The Morgan fingerprint density at radius 1 is 1.10 bits per heavy atom. The summed E-state index contributed by atoms with van der Waals surface area (Å²) < 4.78 is 5.83. The van der Waals surface area contributed by atoms with E-state index in [1.807, 2.05) is 69.3 Å². The van der Waals surface area contributed by atoms with Crippen molar-refractivity contribution in [2.24, 2.45) is 0 Å². The van der Waals surface area contributed by atoms with Crippen LogP contribution in [0.15, 0.2) is 48.5 Å². The van der Waals surface area contributed by atoms with Crippen molar-refractivity contribution in [1.82, 2.24) is 10.2 Å². The highest BCUT2D eigenvalue weighted by Gasteiger charge is 2.28. The number of ether oxygens (including phenoxy) is 1. The van der Waals surface area contributed by atoms with Gasteiger partial charge in [-0.3, -0.25) is 9.59 Å². The van der Waals surface area contributed by atoms with E-state index in [9.17, 15) is 9.59 Å². The van der Waals surface area contributed by atoms with E-state index in [0.29, 0.717) is 18.7 Å². The van der Waals surface area contributed by atoms with E-state index in [0.717, 1.165) is 42.4 Å². The average Bonchev–Trinajstić information content (AvgIpc) is 3.27. The molecule has 2 amide bonds. The minimum absolute atomic E-state index is 0.0835. The quantitative estimate of drug-likeness (QED) is 0.659. The molecular formula is C26H34N2O3. The molecule has 1 saturated carbocycles. The molecule has 0 bridgehead atoms. The number of benzene rings is 2. The average molecular weight is 423 g/mol. The highest BCUT2D eigenvalue weighted by molar-refractivity contribution is 5.88. The minimum Gasteiger partial charge on any atom is -0.483 e. The number of carbonyl (C=O) groups is 2. The Labute approximate surface area is 185 Å². The third kappa shape index (κ3) is 6.58. The van der Waals surface area contributed by atoms with Crippen molar-refractivity contribution in [2.75, 3.05) is 13.2 Å². The standard InChI is InChI=1S/C26H34N2O3/c1-19-13-14-24(20(2)17-19)31-18-25(29)28(16-15-22-9-5-4-6-10-22)21(3)26(30)27-23-11-7-8-12-23/h4-6,9-10,13-14,17,21,23H,7-8,11-12,15-16,18H2,1-3H3,(H,27,30)/t21-/m1/s1. The topological polar surface area (TPSA) is 58.6 Å². The molecule has 0 aliphatic heterocycles.